The van der Waals surface area contributed by atoms with E-state index in [1.165, 1.54) is 62.2 Å². The van der Waals surface area contributed by atoms with E-state index in [1.807, 2.05) is 6.08 Å². The van der Waals surface area contributed by atoms with Crippen molar-refractivity contribution in [1.29, 1.82) is 0 Å². The predicted octanol–water partition coefficient (Wildman–Crippen LogP) is 5.24. The maximum Gasteiger partial charge on any atom is 0.0744 e. The monoisotopic (exact) mass is 289 g/mol. The number of aliphatic imine (C=N–C) groups is 1. The van der Waals surface area contributed by atoms with Crippen molar-refractivity contribution in [2.75, 3.05) is 12.3 Å². The minimum absolute atomic E-state index is 0.443. The molecule has 0 aromatic carbocycles. The number of allylic oxidation sites excluding steroid dienone is 3. The SMILES string of the molecule is C=CCCCCCCC1(C2=NCCS2)CC2C=CC1C2. The van der Waals surface area contributed by atoms with Crippen LogP contribution < -0.4 is 0 Å². The van der Waals surface area contributed by atoms with Crippen molar-refractivity contribution in [2.45, 2.75) is 51.4 Å². The van der Waals surface area contributed by atoms with Crippen molar-refractivity contribution in [2.24, 2.45) is 22.2 Å². The van der Waals surface area contributed by atoms with Crippen LogP contribution in [0.3, 0.4) is 0 Å². The minimum atomic E-state index is 0.443. The molecule has 3 atom stereocenters. The van der Waals surface area contributed by atoms with Gasteiger partial charge in [-0.1, -0.05) is 37.5 Å². The number of rotatable bonds is 8. The summed E-state index contributed by atoms with van der Waals surface area (Å²) in [6.45, 7) is 4.86. The average molecular weight is 289 g/mol. The van der Waals surface area contributed by atoms with E-state index in [0.717, 1.165) is 18.4 Å². The van der Waals surface area contributed by atoms with Gasteiger partial charge in [-0.2, -0.15) is 0 Å². The van der Waals surface area contributed by atoms with Gasteiger partial charge in [0.2, 0.25) is 0 Å². The standard InChI is InChI=1S/C18H27NS/c1-2-3-4-5-6-7-10-18(17-19-11-12-20-17)14-15-8-9-16(18)13-15/h2,8-9,15-16H,1,3-7,10-14H2. The number of thioether (sulfide) groups is 1. The van der Waals surface area contributed by atoms with Gasteiger partial charge in [0.25, 0.3) is 0 Å². The Bertz CT molecular complexity index is 412. The maximum atomic E-state index is 4.87. The molecule has 2 heteroatoms. The van der Waals surface area contributed by atoms with Crippen LogP contribution in [0, 0.1) is 17.3 Å². The van der Waals surface area contributed by atoms with Gasteiger partial charge in [-0.25, -0.2) is 0 Å². The van der Waals surface area contributed by atoms with Crippen LogP contribution in [0.25, 0.3) is 0 Å². The first-order valence-electron chi connectivity index (χ1n) is 8.32. The molecular weight excluding hydrogens is 262 g/mol. The lowest BCUT2D eigenvalue weighted by Gasteiger charge is -2.35. The summed E-state index contributed by atoms with van der Waals surface area (Å²) in [7, 11) is 0. The van der Waals surface area contributed by atoms with E-state index in [0.29, 0.717) is 5.41 Å². The molecule has 3 unspecified atom stereocenters. The zero-order valence-electron chi connectivity index (χ0n) is 12.5. The van der Waals surface area contributed by atoms with Gasteiger partial charge < -0.3 is 0 Å². The third kappa shape index (κ3) is 2.77. The summed E-state index contributed by atoms with van der Waals surface area (Å²) in [4.78, 5) is 4.87. The molecule has 3 rings (SSSR count). The highest BCUT2D eigenvalue weighted by atomic mass is 32.2. The molecular formula is C18H27NS. The van der Waals surface area contributed by atoms with E-state index in [2.05, 4.69) is 30.5 Å². The molecule has 20 heavy (non-hydrogen) atoms. The van der Waals surface area contributed by atoms with Crippen molar-refractivity contribution < 1.29 is 0 Å². The lowest BCUT2D eigenvalue weighted by molar-refractivity contribution is 0.312. The second kappa shape index (κ2) is 6.51. The van der Waals surface area contributed by atoms with Gasteiger partial charge >= 0.3 is 0 Å². The Labute approximate surface area is 128 Å². The Morgan fingerprint density at radius 1 is 1.30 bits per heavy atom. The first-order chi connectivity index (χ1) is 9.85. The Kier molecular flexibility index (Phi) is 4.70. The molecule has 1 nitrogen and oxygen atoms in total. The molecule has 0 spiro atoms. The molecule has 2 aliphatic carbocycles. The quantitative estimate of drug-likeness (QED) is 0.439. The fourth-order valence-electron chi connectivity index (χ4n) is 4.31. The summed E-state index contributed by atoms with van der Waals surface area (Å²) >= 11 is 2.05. The summed E-state index contributed by atoms with van der Waals surface area (Å²) in [6.07, 6.45) is 17.8. The van der Waals surface area contributed by atoms with Crippen LogP contribution in [-0.2, 0) is 0 Å². The number of nitrogens with zero attached hydrogens (tertiary/aromatic N) is 1. The van der Waals surface area contributed by atoms with Crippen molar-refractivity contribution in [1.82, 2.24) is 0 Å². The van der Waals surface area contributed by atoms with Gasteiger partial charge in [0.05, 0.1) is 5.04 Å². The zero-order chi connectivity index (χ0) is 13.8. The third-order valence-electron chi connectivity index (χ3n) is 5.30. The van der Waals surface area contributed by atoms with Gasteiger partial charge in [-0.05, 0) is 43.9 Å². The van der Waals surface area contributed by atoms with Crippen LogP contribution in [-0.4, -0.2) is 17.3 Å². The van der Waals surface area contributed by atoms with Crippen LogP contribution in [0.15, 0.2) is 29.8 Å². The lowest BCUT2D eigenvalue weighted by atomic mass is 9.72. The molecule has 110 valence electrons. The van der Waals surface area contributed by atoms with Crippen LogP contribution >= 0.6 is 11.8 Å². The molecule has 0 aromatic rings. The highest BCUT2D eigenvalue weighted by molar-refractivity contribution is 8.14. The Hall–Kier alpha value is -0.500. The van der Waals surface area contributed by atoms with E-state index in [1.54, 1.807) is 0 Å². The smallest absolute Gasteiger partial charge is 0.0744 e. The number of hydrogen-bond donors (Lipinski definition) is 0. The van der Waals surface area contributed by atoms with E-state index in [-0.39, 0.29) is 0 Å². The van der Waals surface area contributed by atoms with Gasteiger partial charge in [0.1, 0.15) is 0 Å². The Morgan fingerprint density at radius 3 is 2.85 bits per heavy atom. The van der Waals surface area contributed by atoms with Gasteiger partial charge in [-0.3, -0.25) is 4.99 Å². The number of hydrogen-bond acceptors (Lipinski definition) is 2. The molecule has 3 aliphatic rings. The number of unbranched alkanes of at least 4 members (excludes halogenated alkanes) is 4. The molecule has 0 amide bonds. The van der Waals surface area contributed by atoms with E-state index in [9.17, 15) is 0 Å². The molecule has 1 heterocycles. The van der Waals surface area contributed by atoms with Crippen LogP contribution in [0.2, 0.25) is 0 Å². The summed E-state index contributed by atoms with van der Waals surface area (Å²) in [5, 5.41) is 1.51. The molecule has 1 aliphatic heterocycles. The molecule has 2 bridgehead atoms. The Morgan fingerprint density at radius 2 is 2.20 bits per heavy atom. The Balaban J connectivity index is 1.57. The fraction of sp³-hybridized carbons (Fsp3) is 0.722. The van der Waals surface area contributed by atoms with E-state index >= 15 is 0 Å². The van der Waals surface area contributed by atoms with E-state index < -0.39 is 0 Å². The topological polar surface area (TPSA) is 12.4 Å². The molecule has 0 saturated heterocycles. The highest BCUT2D eigenvalue weighted by Gasteiger charge is 2.51. The predicted molar refractivity (Wildman–Crippen MR) is 90.4 cm³/mol. The second-order valence-electron chi connectivity index (χ2n) is 6.62. The van der Waals surface area contributed by atoms with Gasteiger partial charge in [0, 0.05) is 17.7 Å². The van der Waals surface area contributed by atoms with Crippen LogP contribution in [0.1, 0.15) is 51.4 Å². The molecule has 1 fully saturated rings. The first kappa shape index (κ1) is 14.4. The summed E-state index contributed by atoms with van der Waals surface area (Å²) in [6, 6.07) is 0. The largest absolute Gasteiger partial charge is 0.281 e. The normalized spacial score (nSPS) is 34.7. The van der Waals surface area contributed by atoms with Crippen molar-refractivity contribution >= 4 is 16.8 Å². The van der Waals surface area contributed by atoms with Gasteiger partial charge in [0.15, 0.2) is 0 Å². The van der Waals surface area contributed by atoms with E-state index in [4.69, 9.17) is 4.99 Å². The minimum Gasteiger partial charge on any atom is -0.281 e. The maximum absolute atomic E-state index is 4.87. The number of fused-ring (bicyclic) bond motifs is 2. The molecule has 0 radical (unpaired) electrons. The summed E-state index contributed by atoms with van der Waals surface area (Å²) < 4.78 is 0. The second-order valence-corrected chi connectivity index (χ2v) is 7.71. The van der Waals surface area contributed by atoms with Crippen LogP contribution in [0.4, 0.5) is 0 Å². The van der Waals surface area contributed by atoms with Crippen LogP contribution in [0.5, 0.6) is 0 Å². The lowest BCUT2D eigenvalue weighted by Crippen LogP contribution is -2.33. The van der Waals surface area contributed by atoms with Crippen molar-refractivity contribution in [3.8, 4) is 0 Å². The van der Waals surface area contributed by atoms with Gasteiger partial charge in [-0.15, -0.1) is 18.3 Å². The zero-order valence-corrected chi connectivity index (χ0v) is 13.3. The fourth-order valence-corrected chi connectivity index (χ4v) is 5.50. The average Bonchev–Trinajstić information content (AvgIpc) is 3.18. The molecule has 0 N–H and O–H groups in total. The van der Waals surface area contributed by atoms with Crippen molar-refractivity contribution in [3.05, 3.63) is 24.8 Å². The molecule has 1 saturated carbocycles. The molecule has 0 aromatic heterocycles. The third-order valence-corrected chi connectivity index (χ3v) is 6.50. The highest BCUT2D eigenvalue weighted by Crippen LogP contribution is 2.57. The first-order valence-corrected chi connectivity index (χ1v) is 9.31. The summed E-state index contributed by atoms with van der Waals surface area (Å²) in [5.41, 5.74) is 0.443. The van der Waals surface area contributed by atoms with Crippen molar-refractivity contribution in [3.63, 3.8) is 0 Å². The summed E-state index contributed by atoms with van der Waals surface area (Å²) in [5.74, 6) is 2.87.